The van der Waals surface area contributed by atoms with Crippen molar-refractivity contribution in [1.29, 1.82) is 0 Å². The van der Waals surface area contributed by atoms with Gasteiger partial charge in [-0.1, -0.05) is 13.8 Å². The van der Waals surface area contributed by atoms with E-state index >= 15 is 0 Å². The number of rotatable bonds is 4. The minimum atomic E-state index is -1.11. The van der Waals surface area contributed by atoms with Crippen molar-refractivity contribution in [3.63, 3.8) is 0 Å². The molecule has 0 unspecified atom stereocenters. The van der Waals surface area contributed by atoms with Crippen LogP contribution in [0.2, 0.25) is 0 Å². The average molecular weight is 364 g/mol. The van der Waals surface area contributed by atoms with E-state index in [4.69, 9.17) is 9.15 Å². The summed E-state index contributed by atoms with van der Waals surface area (Å²) in [5, 5.41) is 9.51. The summed E-state index contributed by atoms with van der Waals surface area (Å²) >= 11 is 0. The highest BCUT2D eigenvalue weighted by atomic mass is 16.5. The van der Waals surface area contributed by atoms with Crippen LogP contribution in [0.15, 0.2) is 22.8 Å². The number of aliphatic carboxylic acids is 1. The van der Waals surface area contributed by atoms with Crippen LogP contribution >= 0.6 is 0 Å². The molecule has 26 heavy (non-hydrogen) atoms. The first-order valence-electron chi connectivity index (χ1n) is 8.86. The van der Waals surface area contributed by atoms with Crippen LogP contribution in [-0.2, 0) is 14.3 Å². The SMILES string of the molecule is CC(C)CC(=O)N1CCC2(CC1)OC[C@H](C(=O)O)N2C(=O)c1ccco1. The van der Waals surface area contributed by atoms with Gasteiger partial charge in [-0.2, -0.15) is 0 Å². The van der Waals surface area contributed by atoms with Gasteiger partial charge in [0, 0.05) is 32.4 Å². The van der Waals surface area contributed by atoms with Crippen molar-refractivity contribution in [2.45, 2.75) is 44.9 Å². The summed E-state index contributed by atoms with van der Waals surface area (Å²) in [6.45, 7) is 4.77. The average Bonchev–Trinajstić information content (AvgIpc) is 3.23. The molecule has 2 fully saturated rings. The number of nitrogens with zero attached hydrogens (tertiary/aromatic N) is 2. The zero-order chi connectivity index (χ0) is 18.9. The molecule has 0 radical (unpaired) electrons. The molecular weight excluding hydrogens is 340 g/mol. The van der Waals surface area contributed by atoms with E-state index in [1.807, 2.05) is 13.8 Å². The van der Waals surface area contributed by atoms with Crippen molar-refractivity contribution < 1.29 is 28.6 Å². The molecule has 8 heteroatoms. The van der Waals surface area contributed by atoms with Crippen molar-refractivity contribution in [2.75, 3.05) is 19.7 Å². The Morgan fingerprint density at radius 1 is 1.31 bits per heavy atom. The molecule has 0 aromatic carbocycles. The van der Waals surface area contributed by atoms with E-state index in [1.165, 1.54) is 17.2 Å². The van der Waals surface area contributed by atoms with Crippen LogP contribution in [0.1, 0.15) is 43.7 Å². The van der Waals surface area contributed by atoms with E-state index < -0.39 is 23.6 Å². The van der Waals surface area contributed by atoms with Gasteiger partial charge in [0.2, 0.25) is 5.91 Å². The van der Waals surface area contributed by atoms with E-state index in [1.54, 1.807) is 11.0 Å². The van der Waals surface area contributed by atoms with Crippen molar-refractivity contribution in [3.05, 3.63) is 24.2 Å². The lowest BCUT2D eigenvalue weighted by Crippen LogP contribution is -2.58. The Balaban J connectivity index is 1.79. The van der Waals surface area contributed by atoms with Crippen LogP contribution < -0.4 is 0 Å². The maximum absolute atomic E-state index is 12.9. The van der Waals surface area contributed by atoms with Crippen LogP contribution in [-0.4, -0.2) is 64.2 Å². The zero-order valence-corrected chi connectivity index (χ0v) is 15.0. The Hall–Kier alpha value is -2.35. The summed E-state index contributed by atoms with van der Waals surface area (Å²) in [7, 11) is 0. The number of carbonyl (C=O) groups is 3. The van der Waals surface area contributed by atoms with Gasteiger partial charge in [0.25, 0.3) is 5.91 Å². The maximum atomic E-state index is 12.9. The van der Waals surface area contributed by atoms with E-state index in [-0.39, 0.29) is 24.2 Å². The third kappa shape index (κ3) is 3.33. The summed E-state index contributed by atoms with van der Waals surface area (Å²) in [6.07, 6.45) is 2.61. The summed E-state index contributed by atoms with van der Waals surface area (Å²) < 4.78 is 11.0. The third-order valence-electron chi connectivity index (χ3n) is 4.98. The highest BCUT2D eigenvalue weighted by Gasteiger charge is 2.54. The monoisotopic (exact) mass is 364 g/mol. The van der Waals surface area contributed by atoms with Gasteiger partial charge in [0.05, 0.1) is 12.9 Å². The molecule has 142 valence electrons. The zero-order valence-electron chi connectivity index (χ0n) is 15.0. The van der Waals surface area contributed by atoms with Gasteiger partial charge in [-0.05, 0) is 18.1 Å². The number of piperidine rings is 1. The van der Waals surface area contributed by atoms with Gasteiger partial charge in [0.15, 0.2) is 11.8 Å². The van der Waals surface area contributed by atoms with Gasteiger partial charge < -0.3 is 19.2 Å². The van der Waals surface area contributed by atoms with Crippen molar-refractivity contribution in [3.8, 4) is 0 Å². The number of ether oxygens (including phenoxy) is 1. The van der Waals surface area contributed by atoms with Crippen LogP contribution in [0.5, 0.6) is 0 Å². The highest BCUT2D eigenvalue weighted by molar-refractivity contribution is 5.95. The van der Waals surface area contributed by atoms with Gasteiger partial charge in [0.1, 0.15) is 5.72 Å². The normalized spacial score (nSPS) is 22.2. The molecule has 3 heterocycles. The predicted molar refractivity (Wildman–Crippen MR) is 90.3 cm³/mol. The summed E-state index contributed by atoms with van der Waals surface area (Å²) in [5.41, 5.74) is -1.01. The molecule has 2 amide bonds. The minimum Gasteiger partial charge on any atom is -0.480 e. The Bertz CT molecular complexity index is 676. The molecule has 1 aromatic rings. The van der Waals surface area contributed by atoms with E-state index in [0.717, 1.165) is 0 Å². The summed E-state index contributed by atoms with van der Waals surface area (Å²) in [5.74, 6) is -1.18. The van der Waals surface area contributed by atoms with Gasteiger partial charge in [-0.15, -0.1) is 0 Å². The number of carbonyl (C=O) groups excluding carboxylic acids is 2. The van der Waals surface area contributed by atoms with E-state index in [0.29, 0.717) is 32.4 Å². The highest BCUT2D eigenvalue weighted by Crippen LogP contribution is 2.38. The topological polar surface area (TPSA) is 100 Å². The molecule has 1 aromatic heterocycles. The fourth-order valence-electron chi connectivity index (χ4n) is 3.66. The standard InChI is InChI=1S/C18H24N2O6/c1-12(2)10-15(21)19-7-5-18(6-8-19)20(13(11-26-18)17(23)24)16(22)14-4-3-9-25-14/h3-4,9,12-13H,5-8,10-11H2,1-2H3,(H,23,24)/t13-/m1/s1. The van der Waals surface area contributed by atoms with E-state index in [9.17, 15) is 19.5 Å². The number of carboxylic acids is 1. The summed E-state index contributed by atoms with van der Waals surface area (Å²) in [4.78, 5) is 39.8. The van der Waals surface area contributed by atoms with Crippen molar-refractivity contribution in [2.24, 2.45) is 5.92 Å². The molecule has 1 N–H and O–H groups in total. The molecule has 0 bridgehead atoms. The number of likely N-dealkylation sites (tertiary alicyclic amines) is 1. The second kappa shape index (κ2) is 7.11. The van der Waals surface area contributed by atoms with Crippen LogP contribution in [0.25, 0.3) is 0 Å². The second-order valence-corrected chi connectivity index (χ2v) is 7.24. The van der Waals surface area contributed by atoms with Gasteiger partial charge >= 0.3 is 5.97 Å². The fourth-order valence-corrected chi connectivity index (χ4v) is 3.66. The molecule has 2 aliphatic heterocycles. The molecular formula is C18H24N2O6. The smallest absolute Gasteiger partial charge is 0.328 e. The first-order valence-corrected chi connectivity index (χ1v) is 8.86. The Morgan fingerprint density at radius 2 is 2.00 bits per heavy atom. The van der Waals surface area contributed by atoms with Crippen LogP contribution in [0.4, 0.5) is 0 Å². The molecule has 2 aliphatic rings. The Kier molecular flexibility index (Phi) is 5.04. The lowest BCUT2D eigenvalue weighted by atomic mass is 9.96. The molecule has 2 saturated heterocycles. The van der Waals surface area contributed by atoms with Crippen LogP contribution in [0, 0.1) is 5.92 Å². The number of furan rings is 1. The molecule has 3 rings (SSSR count). The molecule has 8 nitrogen and oxygen atoms in total. The third-order valence-corrected chi connectivity index (χ3v) is 4.98. The number of hydrogen-bond acceptors (Lipinski definition) is 5. The molecule has 0 saturated carbocycles. The maximum Gasteiger partial charge on any atom is 0.328 e. The quantitative estimate of drug-likeness (QED) is 0.870. The number of carboxylic acid groups (broad SMARTS) is 1. The number of amides is 2. The van der Waals surface area contributed by atoms with Gasteiger partial charge in [-0.25, -0.2) is 4.79 Å². The minimum absolute atomic E-state index is 0.0677. The Labute approximate surface area is 151 Å². The first-order chi connectivity index (χ1) is 12.3. The molecule has 0 aliphatic carbocycles. The predicted octanol–water partition coefficient (Wildman–Crippen LogP) is 1.57. The lowest BCUT2D eigenvalue weighted by molar-refractivity contribution is -0.148. The van der Waals surface area contributed by atoms with E-state index in [2.05, 4.69) is 0 Å². The lowest BCUT2D eigenvalue weighted by Gasteiger charge is -2.44. The van der Waals surface area contributed by atoms with Crippen LogP contribution in [0.3, 0.4) is 0 Å². The van der Waals surface area contributed by atoms with Gasteiger partial charge in [-0.3, -0.25) is 14.5 Å². The first kappa shape index (κ1) is 18.4. The van der Waals surface area contributed by atoms with Crippen molar-refractivity contribution in [1.82, 2.24) is 9.80 Å². The molecule has 1 spiro atoms. The summed E-state index contributed by atoms with van der Waals surface area (Å²) in [6, 6.07) is 2.03. The molecule has 1 atom stereocenters. The largest absolute Gasteiger partial charge is 0.480 e. The second-order valence-electron chi connectivity index (χ2n) is 7.24. The van der Waals surface area contributed by atoms with Crippen molar-refractivity contribution >= 4 is 17.8 Å². The number of hydrogen-bond donors (Lipinski definition) is 1. The Morgan fingerprint density at radius 3 is 2.54 bits per heavy atom. The fraction of sp³-hybridized carbons (Fsp3) is 0.611.